The Labute approximate surface area is 169 Å². The molecule has 0 aromatic heterocycles. The second-order valence-corrected chi connectivity index (χ2v) is 6.76. The van der Waals surface area contributed by atoms with Gasteiger partial charge in [-0.25, -0.2) is 9.59 Å². The highest BCUT2D eigenvalue weighted by molar-refractivity contribution is 5.69. The normalized spacial score (nSPS) is 18.3. The van der Waals surface area contributed by atoms with Crippen LogP contribution in [-0.4, -0.2) is 29.4 Å². The number of aliphatic hydroxyl groups is 1. The van der Waals surface area contributed by atoms with Gasteiger partial charge in [-0.15, -0.1) is 0 Å². The van der Waals surface area contributed by atoms with Crippen molar-refractivity contribution in [2.24, 2.45) is 0 Å². The maximum Gasteiger partial charge on any atom is 0.407 e. The summed E-state index contributed by atoms with van der Waals surface area (Å²) in [4.78, 5) is 24.3. The fraction of sp³-hybridized carbons (Fsp3) is 0.273. The Balaban J connectivity index is 1.50. The molecule has 2 aromatic carbocycles. The van der Waals surface area contributed by atoms with Crippen LogP contribution in [0.2, 0.25) is 0 Å². The van der Waals surface area contributed by atoms with Crippen LogP contribution in [0.5, 0.6) is 0 Å². The quantitative estimate of drug-likeness (QED) is 0.690. The Morgan fingerprint density at radius 2 is 1.31 bits per heavy atom. The van der Waals surface area contributed by atoms with Crippen LogP contribution in [-0.2, 0) is 22.7 Å². The first kappa shape index (κ1) is 20.3. The first-order valence-electron chi connectivity index (χ1n) is 9.42. The molecule has 3 rings (SSSR count). The van der Waals surface area contributed by atoms with Gasteiger partial charge in [-0.2, -0.15) is 0 Å². The molecule has 3 N–H and O–H groups in total. The zero-order valence-electron chi connectivity index (χ0n) is 15.9. The summed E-state index contributed by atoms with van der Waals surface area (Å²) in [7, 11) is 0. The van der Waals surface area contributed by atoms with Gasteiger partial charge in [0.15, 0.2) is 0 Å². The molecule has 0 fully saturated rings. The van der Waals surface area contributed by atoms with Crippen molar-refractivity contribution >= 4 is 12.2 Å². The molecule has 0 saturated heterocycles. The average molecular weight is 396 g/mol. The van der Waals surface area contributed by atoms with Crippen molar-refractivity contribution in [1.82, 2.24) is 10.6 Å². The van der Waals surface area contributed by atoms with E-state index in [-0.39, 0.29) is 25.4 Å². The van der Waals surface area contributed by atoms with Crippen LogP contribution in [0.4, 0.5) is 9.59 Å². The number of hydrogen-bond donors (Lipinski definition) is 3. The van der Waals surface area contributed by atoms with Crippen molar-refractivity contribution in [1.29, 1.82) is 0 Å². The van der Waals surface area contributed by atoms with Crippen molar-refractivity contribution in [3.05, 3.63) is 83.6 Å². The highest BCUT2D eigenvalue weighted by Gasteiger charge is 2.29. The minimum atomic E-state index is -0.613. The van der Waals surface area contributed by atoms with Gasteiger partial charge in [-0.05, 0) is 23.6 Å². The maximum atomic E-state index is 12.2. The molecule has 0 bridgehead atoms. The van der Waals surface area contributed by atoms with Gasteiger partial charge in [-0.1, -0.05) is 60.7 Å². The number of aliphatic hydroxyl groups excluding tert-OH is 1. The van der Waals surface area contributed by atoms with E-state index >= 15 is 0 Å². The Kier molecular flexibility index (Phi) is 7.10. The number of alkyl carbamates (subject to hydrolysis) is 2. The number of benzene rings is 2. The third-order valence-corrected chi connectivity index (χ3v) is 4.55. The lowest BCUT2D eigenvalue weighted by atomic mass is 9.95. The van der Waals surface area contributed by atoms with E-state index in [1.54, 1.807) is 6.08 Å². The topological polar surface area (TPSA) is 96.9 Å². The molecule has 2 atom stereocenters. The predicted octanol–water partition coefficient (Wildman–Crippen LogP) is 3.81. The first-order chi connectivity index (χ1) is 14.1. The summed E-state index contributed by atoms with van der Waals surface area (Å²) in [5.41, 5.74) is 1.75. The predicted molar refractivity (Wildman–Crippen MR) is 107 cm³/mol. The Bertz CT molecular complexity index is 839. The average Bonchev–Trinajstić information content (AvgIpc) is 2.74. The van der Waals surface area contributed by atoms with E-state index in [0.717, 1.165) is 11.1 Å². The number of carbonyl (C=O) groups excluding carboxylic acids is 2. The summed E-state index contributed by atoms with van der Waals surface area (Å²) < 4.78 is 10.5. The largest absolute Gasteiger partial charge is 0.513 e. The van der Waals surface area contributed by atoms with Gasteiger partial charge in [0.05, 0.1) is 17.8 Å². The zero-order chi connectivity index (χ0) is 20.5. The highest BCUT2D eigenvalue weighted by Crippen LogP contribution is 2.18. The van der Waals surface area contributed by atoms with Gasteiger partial charge in [0, 0.05) is 6.42 Å². The lowest BCUT2D eigenvalue weighted by molar-refractivity contribution is 0.121. The molecular weight excluding hydrogens is 372 g/mol. The molecule has 0 unspecified atom stereocenters. The summed E-state index contributed by atoms with van der Waals surface area (Å²) in [5, 5.41) is 15.3. The molecule has 0 aliphatic heterocycles. The monoisotopic (exact) mass is 396 g/mol. The van der Waals surface area contributed by atoms with Crippen molar-refractivity contribution in [3.63, 3.8) is 0 Å². The zero-order valence-corrected chi connectivity index (χ0v) is 15.9. The summed E-state index contributed by atoms with van der Waals surface area (Å²) in [5.74, 6) is 0.161. The smallest absolute Gasteiger partial charge is 0.407 e. The molecule has 0 radical (unpaired) electrons. The van der Waals surface area contributed by atoms with Crippen molar-refractivity contribution < 1.29 is 24.2 Å². The summed E-state index contributed by atoms with van der Waals surface area (Å²) >= 11 is 0. The van der Waals surface area contributed by atoms with Crippen LogP contribution in [0.1, 0.15) is 24.0 Å². The van der Waals surface area contributed by atoms with E-state index in [0.29, 0.717) is 6.42 Å². The molecule has 2 aromatic rings. The Hall–Kier alpha value is -3.48. The van der Waals surface area contributed by atoms with Crippen LogP contribution in [0, 0.1) is 0 Å². The number of nitrogens with one attached hydrogen (secondary N) is 2. The second-order valence-electron chi connectivity index (χ2n) is 6.76. The van der Waals surface area contributed by atoms with Gasteiger partial charge in [0.2, 0.25) is 0 Å². The van der Waals surface area contributed by atoms with Crippen molar-refractivity contribution in [2.45, 2.75) is 38.1 Å². The van der Waals surface area contributed by atoms with Gasteiger partial charge < -0.3 is 25.2 Å². The van der Waals surface area contributed by atoms with Crippen LogP contribution in [0.15, 0.2) is 72.5 Å². The molecular formula is C22H24N2O5. The van der Waals surface area contributed by atoms with E-state index in [1.165, 1.54) is 0 Å². The molecule has 0 heterocycles. The van der Waals surface area contributed by atoms with E-state index in [2.05, 4.69) is 10.6 Å². The third kappa shape index (κ3) is 6.57. The van der Waals surface area contributed by atoms with E-state index in [9.17, 15) is 14.7 Å². The summed E-state index contributed by atoms with van der Waals surface area (Å²) in [6, 6.07) is 17.7. The second kappa shape index (κ2) is 10.2. The van der Waals surface area contributed by atoms with Gasteiger partial charge in [-0.3, -0.25) is 0 Å². The fourth-order valence-corrected chi connectivity index (χ4v) is 3.02. The van der Waals surface area contributed by atoms with E-state index in [1.807, 2.05) is 60.7 Å². The number of amides is 2. The van der Waals surface area contributed by atoms with Crippen LogP contribution < -0.4 is 10.6 Å². The van der Waals surface area contributed by atoms with E-state index in [4.69, 9.17) is 9.47 Å². The van der Waals surface area contributed by atoms with Gasteiger partial charge in [0.25, 0.3) is 0 Å². The molecule has 1 aliphatic rings. The molecule has 1 aliphatic carbocycles. The third-order valence-electron chi connectivity index (χ3n) is 4.55. The number of ether oxygens (including phenoxy) is 2. The first-order valence-corrected chi connectivity index (χ1v) is 9.42. The standard InChI is InChI=1S/C22H24N2O5/c25-18-11-12-19(23-21(26)28-14-16-7-3-1-4-8-16)20(13-18)24-22(27)29-15-17-9-5-2-6-10-17/h1-11,19-20,25H,12-15H2,(H,23,26)(H,24,27)/t19-,20+/m0/s1. The maximum absolute atomic E-state index is 12.2. The number of hydrogen-bond acceptors (Lipinski definition) is 5. The molecule has 0 saturated carbocycles. The van der Waals surface area contributed by atoms with Gasteiger partial charge >= 0.3 is 12.2 Å². The van der Waals surface area contributed by atoms with Crippen LogP contribution >= 0.6 is 0 Å². The number of carbonyl (C=O) groups is 2. The number of rotatable bonds is 6. The van der Waals surface area contributed by atoms with Gasteiger partial charge in [0.1, 0.15) is 13.2 Å². The Morgan fingerprint density at radius 3 is 1.83 bits per heavy atom. The molecule has 152 valence electrons. The summed E-state index contributed by atoms with van der Waals surface area (Å²) in [6.45, 7) is 0.288. The van der Waals surface area contributed by atoms with E-state index < -0.39 is 24.3 Å². The van der Waals surface area contributed by atoms with Crippen LogP contribution in [0.25, 0.3) is 0 Å². The Morgan fingerprint density at radius 1 is 0.828 bits per heavy atom. The molecule has 7 heteroatoms. The molecule has 0 spiro atoms. The summed E-state index contributed by atoms with van der Waals surface area (Å²) in [6.07, 6.45) is 0.992. The van der Waals surface area contributed by atoms with Crippen molar-refractivity contribution in [2.75, 3.05) is 0 Å². The minimum Gasteiger partial charge on any atom is -0.513 e. The van der Waals surface area contributed by atoms with Crippen LogP contribution in [0.3, 0.4) is 0 Å². The lowest BCUT2D eigenvalue weighted by Crippen LogP contribution is -2.53. The minimum absolute atomic E-state index is 0.137. The SMILES string of the molecule is O=C(N[C@H]1CC=C(O)C[C@H]1NC(=O)OCc1ccccc1)OCc1ccccc1. The fourth-order valence-electron chi connectivity index (χ4n) is 3.02. The molecule has 7 nitrogen and oxygen atoms in total. The molecule has 2 amide bonds. The van der Waals surface area contributed by atoms with Crippen molar-refractivity contribution in [3.8, 4) is 0 Å². The highest BCUT2D eigenvalue weighted by atomic mass is 16.6. The lowest BCUT2D eigenvalue weighted by Gasteiger charge is -2.30. The molecule has 29 heavy (non-hydrogen) atoms.